The van der Waals surface area contributed by atoms with Crippen LogP contribution in [0.25, 0.3) is 0 Å². The zero-order valence-corrected chi connectivity index (χ0v) is 10.6. The Bertz CT molecular complexity index is 489. The van der Waals surface area contributed by atoms with Crippen LogP contribution in [0.4, 0.5) is 5.69 Å². The number of hydrogen-bond donors (Lipinski definition) is 0. The van der Waals surface area contributed by atoms with Gasteiger partial charge >= 0.3 is 5.97 Å². The molecule has 4 heteroatoms. The molecule has 1 aliphatic rings. The molecular formula is C14H16N2O2. The van der Waals surface area contributed by atoms with Gasteiger partial charge in [0.05, 0.1) is 18.4 Å². The summed E-state index contributed by atoms with van der Waals surface area (Å²) in [6.45, 7) is 0. The highest BCUT2D eigenvalue weighted by Gasteiger charge is 2.40. The van der Waals surface area contributed by atoms with Gasteiger partial charge in [-0.15, -0.1) is 0 Å². The molecule has 1 aliphatic carbocycles. The number of likely N-dealkylation sites (N-methyl/N-ethyl adjacent to an activating group) is 1. The number of nitriles is 1. The van der Waals surface area contributed by atoms with Crippen LogP contribution in [0.3, 0.4) is 0 Å². The minimum atomic E-state index is -0.288. The van der Waals surface area contributed by atoms with Crippen molar-refractivity contribution in [3.05, 3.63) is 29.8 Å². The molecule has 0 heterocycles. The van der Waals surface area contributed by atoms with Crippen molar-refractivity contribution in [2.75, 3.05) is 19.1 Å². The number of para-hydroxylation sites is 1. The monoisotopic (exact) mass is 244 g/mol. The second-order valence-corrected chi connectivity index (χ2v) is 4.55. The molecule has 1 aromatic carbocycles. The van der Waals surface area contributed by atoms with Gasteiger partial charge in [-0.25, -0.2) is 4.79 Å². The van der Waals surface area contributed by atoms with Crippen LogP contribution < -0.4 is 4.90 Å². The van der Waals surface area contributed by atoms with Crippen molar-refractivity contribution in [1.82, 2.24) is 0 Å². The van der Waals surface area contributed by atoms with Gasteiger partial charge < -0.3 is 9.64 Å². The third-order valence-corrected chi connectivity index (χ3v) is 3.33. The summed E-state index contributed by atoms with van der Waals surface area (Å²) in [5, 5.41) is 9.11. The van der Waals surface area contributed by atoms with E-state index < -0.39 is 0 Å². The number of nitrogens with zero attached hydrogens (tertiary/aromatic N) is 2. The summed E-state index contributed by atoms with van der Waals surface area (Å²) < 4.78 is 4.87. The normalized spacial score (nSPS) is 15.6. The summed E-state index contributed by atoms with van der Waals surface area (Å²) >= 11 is 0. The van der Waals surface area contributed by atoms with Gasteiger partial charge in [0.2, 0.25) is 0 Å². The van der Waals surface area contributed by atoms with E-state index in [1.807, 2.05) is 30.1 Å². The maximum Gasteiger partial charge on any atom is 0.328 e. The number of rotatable bonds is 4. The van der Waals surface area contributed by atoms with Crippen LogP contribution in [0.5, 0.6) is 0 Å². The molecule has 1 unspecified atom stereocenters. The Balaban J connectivity index is 2.31. The summed E-state index contributed by atoms with van der Waals surface area (Å²) in [6, 6.07) is 9.17. The lowest BCUT2D eigenvalue weighted by atomic mass is 10.1. The first-order valence-corrected chi connectivity index (χ1v) is 5.98. The summed E-state index contributed by atoms with van der Waals surface area (Å²) in [5.41, 5.74) is 1.36. The van der Waals surface area contributed by atoms with Gasteiger partial charge in [-0.2, -0.15) is 5.26 Å². The van der Waals surface area contributed by atoms with Crippen molar-refractivity contribution in [2.45, 2.75) is 18.9 Å². The quantitative estimate of drug-likeness (QED) is 0.760. The Labute approximate surface area is 107 Å². The fourth-order valence-corrected chi connectivity index (χ4v) is 2.23. The predicted molar refractivity (Wildman–Crippen MR) is 68.1 cm³/mol. The van der Waals surface area contributed by atoms with E-state index in [-0.39, 0.29) is 12.0 Å². The maximum absolute atomic E-state index is 11.9. The van der Waals surface area contributed by atoms with Gasteiger partial charge in [0.25, 0.3) is 0 Å². The Hall–Kier alpha value is -2.02. The van der Waals surface area contributed by atoms with E-state index in [4.69, 9.17) is 10.00 Å². The molecule has 94 valence electrons. The van der Waals surface area contributed by atoms with Crippen LogP contribution in [0.2, 0.25) is 0 Å². The lowest BCUT2D eigenvalue weighted by Crippen LogP contribution is -2.41. The van der Waals surface area contributed by atoms with Crippen molar-refractivity contribution < 1.29 is 9.53 Å². The van der Waals surface area contributed by atoms with Crippen LogP contribution in [0, 0.1) is 17.2 Å². The largest absolute Gasteiger partial charge is 0.467 e. The number of methoxy groups -OCH3 is 1. The van der Waals surface area contributed by atoms with Crippen LogP contribution in [0.15, 0.2) is 24.3 Å². The Kier molecular flexibility index (Phi) is 3.52. The molecule has 1 atom stereocenters. The Morgan fingerprint density at radius 3 is 2.72 bits per heavy atom. The van der Waals surface area contributed by atoms with Crippen LogP contribution in [-0.4, -0.2) is 26.2 Å². The van der Waals surface area contributed by atoms with E-state index in [2.05, 4.69) is 6.07 Å². The van der Waals surface area contributed by atoms with Gasteiger partial charge in [-0.1, -0.05) is 12.1 Å². The summed E-state index contributed by atoms with van der Waals surface area (Å²) in [4.78, 5) is 13.7. The van der Waals surface area contributed by atoms with Crippen molar-refractivity contribution in [3.8, 4) is 6.07 Å². The molecule has 4 nitrogen and oxygen atoms in total. The molecule has 1 saturated carbocycles. The number of hydrogen-bond acceptors (Lipinski definition) is 4. The van der Waals surface area contributed by atoms with E-state index in [1.54, 1.807) is 6.07 Å². The minimum Gasteiger partial charge on any atom is -0.467 e. The summed E-state index contributed by atoms with van der Waals surface area (Å²) in [6.07, 6.45) is 2.08. The number of benzene rings is 1. The summed E-state index contributed by atoms with van der Waals surface area (Å²) in [7, 11) is 3.25. The first-order valence-electron chi connectivity index (χ1n) is 5.98. The van der Waals surface area contributed by atoms with Gasteiger partial charge in [0.15, 0.2) is 0 Å². The molecule has 0 amide bonds. The zero-order valence-electron chi connectivity index (χ0n) is 10.6. The van der Waals surface area contributed by atoms with E-state index in [9.17, 15) is 4.79 Å². The maximum atomic E-state index is 11.9. The Morgan fingerprint density at radius 1 is 1.50 bits per heavy atom. The number of carbonyl (C=O) groups is 1. The zero-order chi connectivity index (χ0) is 13.1. The molecule has 1 aromatic rings. The third-order valence-electron chi connectivity index (χ3n) is 3.33. The first kappa shape index (κ1) is 12.4. The highest BCUT2D eigenvalue weighted by Crippen LogP contribution is 2.37. The highest BCUT2D eigenvalue weighted by atomic mass is 16.5. The second-order valence-electron chi connectivity index (χ2n) is 4.55. The topological polar surface area (TPSA) is 53.3 Å². The molecule has 0 N–H and O–H groups in total. The average Bonchev–Trinajstić information content (AvgIpc) is 3.23. The van der Waals surface area contributed by atoms with Crippen LogP contribution in [0.1, 0.15) is 18.4 Å². The van der Waals surface area contributed by atoms with Gasteiger partial charge in [-0.3, -0.25) is 0 Å². The minimum absolute atomic E-state index is 0.229. The molecule has 0 aromatic heterocycles. The predicted octanol–water partition coefficient (Wildman–Crippen LogP) is 1.95. The molecule has 0 spiro atoms. The fourth-order valence-electron chi connectivity index (χ4n) is 2.23. The highest BCUT2D eigenvalue weighted by molar-refractivity contribution is 5.81. The standard InChI is InChI=1S/C14H16N2O2/c1-16(12-6-4-3-5-11(12)9-15)13(10-7-8-10)14(17)18-2/h3-6,10,13H,7-8H2,1-2H3. The molecule has 1 fully saturated rings. The van der Waals surface area contributed by atoms with E-state index in [0.29, 0.717) is 11.5 Å². The van der Waals surface area contributed by atoms with E-state index >= 15 is 0 Å². The molecular weight excluding hydrogens is 228 g/mol. The lowest BCUT2D eigenvalue weighted by molar-refractivity contribution is -0.142. The molecule has 0 aliphatic heterocycles. The van der Waals surface area contributed by atoms with Crippen molar-refractivity contribution >= 4 is 11.7 Å². The second kappa shape index (κ2) is 5.09. The van der Waals surface area contributed by atoms with E-state index in [0.717, 1.165) is 18.5 Å². The Morgan fingerprint density at radius 2 is 2.17 bits per heavy atom. The number of carbonyl (C=O) groups excluding carboxylic acids is 1. The van der Waals surface area contributed by atoms with E-state index in [1.165, 1.54) is 7.11 Å². The molecule has 18 heavy (non-hydrogen) atoms. The number of ether oxygens (including phenoxy) is 1. The van der Waals surface area contributed by atoms with Crippen molar-refractivity contribution in [2.24, 2.45) is 5.92 Å². The lowest BCUT2D eigenvalue weighted by Gasteiger charge is -2.28. The molecule has 0 saturated heterocycles. The van der Waals surface area contributed by atoms with Crippen LogP contribution >= 0.6 is 0 Å². The van der Waals surface area contributed by atoms with Crippen molar-refractivity contribution in [3.63, 3.8) is 0 Å². The third kappa shape index (κ3) is 2.30. The van der Waals surface area contributed by atoms with Gasteiger partial charge in [0, 0.05) is 7.05 Å². The van der Waals surface area contributed by atoms with Gasteiger partial charge in [0.1, 0.15) is 12.1 Å². The van der Waals surface area contributed by atoms with Gasteiger partial charge in [-0.05, 0) is 30.9 Å². The molecule has 0 radical (unpaired) electrons. The summed E-state index contributed by atoms with van der Waals surface area (Å²) in [5.74, 6) is 0.113. The average molecular weight is 244 g/mol. The van der Waals surface area contributed by atoms with Crippen molar-refractivity contribution in [1.29, 1.82) is 5.26 Å². The first-order chi connectivity index (χ1) is 8.69. The number of anilines is 1. The molecule has 0 bridgehead atoms. The smallest absolute Gasteiger partial charge is 0.328 e. The van der Waals surface area contributed by atoms with Crippen LogP contribution in [-0.2, 0) is 9.53 Å². The fraction of sp³-hybridized carbons (Fsp3) is 0.429. The molecule has 2 rings (SSSR count). The SMILES string of the molecule is COC(=O)C(C1CC1)N(C)c1ccccc1C#N. The number of esters is 1.